The van der Waals surface area contributed by atoms with Gasteiger partial charge in [-0.25, -0.2) is 0 Å². The van der Waals surface area contributed by atoms with Gasteiger partial charge >= 0.3 is 0 Å². The van der Waals surface area contributed by atoms with Crippen molar-refractivity contribution < 1.29 is 5.11 Å². The van der Waals surface area contributed by atoms with Crippen molar-refractivity contribution in [2.45, 2.75) is 70.6 Å². The molecule has 20 heavy (non-hydrogen) atoms. The van der Waals surface area contributed by atoms with E-state index in [0.29, 0.717) is 6.04 Å². The molecule has 116 valence electrons. The van der Waals surface area contributed by atoms with E-state index in [1.165, 1.54) is 58.3 Å². The van der Waals surface area contributed by atoms with Crippen molar-refractivity contribution in [2.24, 2.45) is 11.8 Å². The van der Waals surface area contributed by atoms with E-state index in [2.05, 4.69) is 23.6 Å². The standard InChI is InChI=1S/C17H32N2O/c1-13(2)14-5-6-17(20)16(11-14)19-10-7-15(12-19)18-8-3-4-9-18/h13-17,20H,3-12H2,1-2H3. The molecule has 0 amide bonds. The molecule has 3 aliphatic rings. The molecule has 0 spiro atoms. The molecule has 0 bridgehead atoms. The van der Waals surface area contributed by atoms with Crippen molar-refractivity contribution in [3.63, 3.8) is 0 Å². The smallest absolute Gasteiger partial charge is 0.0695 e. The average molecular weight is 280 g/mol. The third kappa shape index (κ3) is 3.05. The molecule has 3 nitrogen and oxygen atoms in total. The van der Waals surface area contributed by atoms with Crippen LogP contribution in [-0.2, 0) is 0 Å². The van der Waals surface area contributed by atoms with Gasteiger partial charge in [-0.1, -0.05) is 13.8 Å². The molecule has 1 N–H and O–H groups in total. The van der Waals surface area contributed by atoms with Crippen LogP contribution in [0, 0.1) is 11.8 Å². The fourth-order valence-corrected chi connectivity index (χ4v) is 4.63. The van der Waals surface area contributed by atoms with Gasteiger partial charge in [0.2, 0.25) is 0 Å². The largest absolute Gasteiger partial charge is 0.391 e. The quantitative estimate of drug-likeness (QED) is 0.859. The molecule has 1 aliphatic carbocycles. The van der Waals surface area contributed by atoms with Gasteiger partial charge in [0.25, 0.3) is 0 Å². The van der Waals surface area contributed by atoms with Crippen molar-refractivity contribution in [1.82, 2.24) is 9.80 Å². The van der Waals surface area contributed by atoms with Gasteiger partial charge < -0.3 is 5.11 Å². The first-order valence-corrected chi connectivity index (χ1v) is 8.81. The van der Waals surface area contributed by atoms with E-state index in [-0.39, 0.29) is 6.10 Å². The molecule has 2 saturated heterocycles. The Balaban J connectivity index is 1.57. The molecule has 0 aromatic carbocycles. The first-order chi connectivity index (χ1) is 9.65. The summed E-state index contributed by atoms with van der Waals surface area (Å²) in [5, 5.41) is 10.4. The Labute approximate surface area is 124 Å². The topological polar surface area (TPSA) is 26.7 Å². The lowest BCUT2D eigenvalue weighted by molar-refractivity contribution is 0.00268. The van der Waals surface area contributed by atoms with Crippen LogP contribution in [0.2, 0.25) is 0 Å². The van der Waals surface area contributed by atoms with Crippen molar-refractivity contribution in [3.05, 3.63) is 0 Å². The molecular formula is C17H32N2O. The van der Waals surface area contributed by atoms with Crippen LogP contribution in [0.4, 0.5) is 0 Å². The van der Waals surface area contributed by atoms with Gasteiger partial charge in [-0.15, -0.1) is 0 Å². The van der Waals surface area contributed by atoms with Crippen LogP contribution in [0.3, 0.4) is 0 Å². The minimum absolute atomic E-state index is 0.0812. The molecule has 2 aliphatic heterocycles. The molecular weight excluding hydrogens is 248 g/mol. The minimum Gasteiger partial charge on any atom is -0.391 e. The number of likely N-dealkylation sites (tertiary alicyclic amines) is 2. The summed E-state index contributed by atoms with van der Waals surface area (Å²) >= 11 is 0. The highest BCUT2D eigenvalue weighted by Crippen LogP contribution is 2.34. The first kappa shape index (κ1) is 14.8. The van der Waals surface area contributed by atoms with E-state index in [0.717, 1.165) is 24.3 Å². The fraction of sp³-hybridized carbons (Fsp3) is 1.00. The second-order valence-electron chi connectivity index (χ2n) is 7.63. The molecule has 3 fully saturated rings. The van der Waals surface area contributed by atoms with Crippen LogP contribution < -0.4 is 0 Å². The summed E-state index contributed by atoms with van der Waals surface area (Å²) in [6.45, 7) is 9.70. The van der Waals surface area contributed by atoms with E-state index in [1.807, 2.05) is 0 Å². The maximum absolute atomic E-state index is 10.4. The number of nitrogens with zero attached hydrogens (tertiary/aromatic N) is 2. The van der Waals surface area contributed by atoms with Crippen LogP contribution in [0.25, 0.3) is 0 Å². The summed E-state index contributed by atoms with van der Waals surface area (Å²) in [5.41, 5.74) is 0. The first-order valence-electron chi connectivity index (χ1n) is 8.81. The number of rotatable bonds is 3. The van der Waals surface area contributed by atoms with E-state index < -0.39 is 0 Å². The second-order valence-corrected chi connectivity index (χ2v) is 7.63. The van der Waals surface area contributed by atoms with Crippen molar-refractivity contribution in [2.75, 3.05) is 26.2 Å². The predicted molar refractivity (Wildman–Crippen MR) is 82.8 cm³/mol. The van der Waals surface area contributed by atoms with Crippen molar-refractivity contribution in [1.29, 1.82) is 0 Å². The SMILES string of the molecule is CC(C)C1CCC(O)C(N2CCC(N3CCCC3)C2)C1. The third-order valence-electron chi connectivity index (χ3n) is 6.09. The van der Waals surface area contributed by atoms with E-state index >= 15 is 0 Å². The Morgan fingerprint density at radius 2 is 1.70 bits per heavy atom. The monoisotopic (exact) mass is 280 g/mol. The molecule has 4 atom stereocenters. The zero-order chi connectivity index (χ0) is 14.1. The van der Waals surface area contributed by atoms with E-state index in [4.69, 9.17) is 0 Å². The lowest BCUT2D eigenvalue weighted by Gasteiger charge is -2.40. The Morgan fingerprint density at radius 1 is 0.950 bits per heavy atom. The normalized spacial score (nSPS) is 40.8. The van der Waals surface area contributed by atoms with Gasteiger partial charge in [-0.3, -0.25) is 9.80 Å². The molecule has 3 rings (SSSR count). The number of hydrogen-bond acceptors (Lipinski definition) is 3. The van der Waals surface area contributed by atoms with Gasteiger partial charge in [-0.05, 0) is 63.5 Å². The predicted octanol–water partition coefficient (Wildman–Crippen LogP) is 2.34. The summed E-state index contributed by atoms with van der Waals surface area (Å²) in [4.78, 5) is 5.30. The molecule has 0 aromatic heterocycles. The second kappa shape index (κ2) is 6.33. The van der Waals surface area contributed by atoms with Gasteiger partial charge in [0.1, 0.15) is 0 Å². The maximum atomic E-state index is 10.4. The van der Waals surface area contributed by atoms with Gasteiger partial charge in [0.05, 0.1) is 6.10 Å². The lowest BCUT2D eigenvalue weighted by atomic mass is 9.77. The number of aliphatic hydroxyl groups is 1. The van der Waals surface area contributed by atoms with Crippen LogP contribution in [0.1, 0.15) is 52.4 Å². The van der Waals surface area contributed by atoms with Crippen LogP contribution in [-0.4, -0.2) is 59.3 Å². The van der Waals surface area contributed by atoms with Crippen LogP contribution in [0.15, 0.2) is 0 Å². The zero-order valence-corrected chi connectivity index (χ0v) is 13.3. The summed E-state index contributed by atoms with van der Waals surface area (Å²) in [5.74, 6) is 1.58. The zero-order valence-electron chi connectivity index (χ0n) is 13.3. The van der Waals surface area contributed by atoms with Gasteiger partial charge in [0, 0.05) is 25.2 Å². The molecule has 2 heterocycles. The highest BCUT2D eigenvalue weighted by Gasteiger charge is 2.38. The number of aliphatic hydroxyl groups excluding tert-OH is 1. The maximum Gasteiger partial charge on any atom is 0.0695 e. The Hall–Kier alpha value is -0.120. The van der Waals surface area contributed by atoms with Gasteiger partial charge in [0.15, 0.2) is 0 Å². The Kier molecular flexibility index (Phi) is 4.68. The molecule has 1 saturated carbocycles. The fourth-order valence-electron chi connectivity index (χ4n) is 4.63. The Bertz CT molecular complexity index is 314. The summed E-state index contributed by atoms with van der Waals surface area (Å²) < 4.78 is 0. The van der Waals surface area contributed by atoms with Crippen molar-refractivity contribution >= 4 is 0 Å². The molecule has 0 radical (unpaired) electrons. The van der Waals surface area contributed by atoms with Crippen LogP contribution >= 0.6 is 0 Å². The highest BCUT2D eigenvalue weighted by atomic mass is 16.3. The molecule has 3 heteroatoms. The Morgan fingerprint density at radius 3 is 2.40 bits per heavy atom. The summed E-state index contributed by atoms with van der Waals surface area (Å²) in [6, 6.07) is 1.20. The molecule has 4 unspecified atom stereocenters. The number of hydrogen-bond donors (Lipinski definition) is 1. The molecule has 0 aromatic rings. The average Bonchev–Trinajstić information content (AvgIpc) is 3.10. The van der Waals surface area contributed by atoms with Gasteiger partial charge in [-0.2, -0.15) is 0 Å². The summed E-state index contributed by atoms with van der Waals surface area (Å²) in [6.07, 6.45) is 7.45. The minimum atomic E-state index is -0.0812. The lowest BCUT2D eigenvalue weighted by Crippen LogP contribution is -2.48. The van der Waals surface area contributed by atoms with E-state index in [9.17, 15) is 5.11 Å². The van der Waals surface area contributed by atoms with E-state index in [1.54, 1.807) is 0 Å². The highest BCUT2D eigenvalue weighted by molar-refractivity contribution is 4.94. The summed E-state index contributed by atoms with van der Waals surface area (Å²) in [7, 11) is 0. The van der Waals surface area contributed by atoms with Crippen LogP contribution in [0.5, 0.6) is 0 Å². The van der Waals surface area contributed by atoms with Crippen molar-refractivity contribution in [3.8, 4) is 0 Å². The third-order valence-corrected chi connectivity index (χ3v) is 6.09.